The van der Waals surface area contributed by atoms with Crippen LogP contribution < -0.4 is 15.4 Å². The van der Waals surface area contributed by atoms with Crippen molar-refractivity contribution in [3.05, 3.63) is 28.7 Å². The van der Waals surface area contributed by atoms with Crippen LogP contribution in [0.15, 0.2) is 28.7 Å². The Morgan fingerprint density at radius 3 is 2.70 bits per heavy atom. The van der Waals surface area contributed by atoms with Gasteiger partial charge in [-0.3, -0.25) is 14.9 Å². The first-order valence-electron chi connectivity index (χ1n) is 7.02. The third-order valence-electron chi connectivity index (χ3n) is 2.73. The predicted molar refractivity (Wildman–Crippen MR) is 87.0 cm³/mol. The Hall–Kier alpha value is -2.09. The molecule has 126 valence electrons. The summed E-state index contributed by atoms with van der Waals surface area (Å²) in [7, 11) is 1.38. The van der Waals surface area contributed by atoms with Gasteiger partial charge in [-0.1, -0.05) is 22.0 Å². The molecule has 0 saturated carbocycles. The number of imide groups is 1. The molecule has 0 heterocycles. The number of benzene rings is 1. The number of carbonyl (C=O) groups is 3. The van der Waals surface area contributed by atoms with E-state index in [1.807, 2.05) is 29.6 Å². The molecular formula is C15H19BrN2O5. The van der Waals surface area contributed by atoms with Gasteiger partial charge in [-0.2, -0.15) is 0 Å². The van der Waals surface area contributed by atoms with Crippen LogP contribution in [-0.2, 0) is 14.3 Å². The minimum absolute atomic E-state index is 0.117. The monoisotopic (exact) mass is 386 g/mol. The van der Waals surface area contributed by atoms with E-state index < -0.39 is 24.0 Å². The van der Waals surface area contributed by atoms with Crippen molar-refractivity contribution in [2.45, 2.75) is 25.9 Å². The van der Waals surface area contributed by atoms with Gasteiger partial charge in [-0.15, -0.1) is 0 Å². The zero-order valence-corrected chi connectivity index (χ0v) is 14.5. The summed E-state index contributed by atoms with van der Waals surface area (Å²) >= 11 is 3.34. The molecule has 0 spiro atoms. The quantitative estimate of drug-likeness (QED) is 0.551. The van der Waals surface area contributed by atoms with Crippen LogP contribution in [0, 0.1) is 0 Å². The molecule has 0 aromatic heterocycles. The Labute approximate surface area is 142 Å². The van der Waals surface area contributed by atoms with E-state index in [-0.39, 0.29) is 6.42 Å². The van der Waals surface area contributed by atoms with Gasteiger partial charge in [0.1, 0.15) is 5.75 Å². The molecule has 1 atom stereocenters. The number of esters is 1. The SMILES string of the molecule is CNC(=O)NC(=O)[C@H](C)OC(=O)CCCOc1cccc(Br)c1. The molecular weight excluding hydrogens is 368 g/mol. The van der Waals surface area contributed by atoms with Gasteiger partial charge in [0.2, 0.25) is 0 Å². The van der Waals surface area contributed by atoms with Gasteiger partial charge >= 0.3 is 12.0 Å². The molecule has 0 aliphatic carbocycles. The molecule has 1 aromatic carbocycles. The molecule has 0 aliphatic rings. The Morgan fingerprint density at radius 1 is 1.30 bits per heavy atom. The van der Waals surface area contributed by atoms with E-state index in [0.29, 0.717) is 18.8 Å². The molecule has 23 heavy (non-hydrogen) atoms. The lowest BCUT2D eigenvalue weighted by molar-refractivity contribution is -0.154. The van der Waals surface area contributed by atoms with Crippen LogP contribution >= 0.6 is 15.9 Å². The van der Waals surface area contributed by atoms with Gasteiger partial charge in [-0.05, 0) is 31.5 Å². The fourth-order valence-corrected chi connectivity index (χ4v) is 1.93. The summed E-state index contributed by atoms with van der Waals surface area (Å²) in [5, 5.41) is 4.27. The average Bonchev–Trinajstić information content (AvgIpc) is 2.51. The molecule has 0 bridgehead atoms. The topological polar surface area (TPSA) is 93.7 Å². The number of nitrogens with one attached hydrogen (secondary N) is 2. The number of carbonyl (C=O) groups excluding carboxylic acids is 3. The summed E-state index contributed by atoms with van der Waals surface area (Å²) in [6.07, 6.45) is -0.466. The Balaban J connectivity index is 2.23. The van der Waals surface area contributed by atoms with E-state index in [0.717, 1.165) is 4.47 Å². The minimum Gasteiger partial charge on any atom is -0.494 e. The molecule has 7 nitrogen and oxygen atoms in total. The Bertz CT molecular complexity index is 565. The number of halogens is 1. The van der Waals surface area contributed by atoms with Gasteiger partial charge in [0.25, 0.3) is 5.91 Å². The molecule has 1 rings (SSSR count). The summed E-state index contributed by atoms with van der Waals surface area (Å²) in [4.78, 5) is 34.1. The van der Waals surface area contributed by atoms with Gasteiger partial charge in [0, 0.05) is 17.9 Å². The molecule has 3 amide bonds. The van der Waals surface area contributed by atoms with Crippen molar-refractivity contribution in [3.63, 3.8) is 0 Å². The van der Waals surface area contributed by atoms with Gasteiger partial charge in [-0.25, -0.2) is 4.79 Å². The molecule has 1 aromatic rings. The summed E-state index contributed by atoms with van der Waals surface area (Å²) < 4.78 is 11.3. The number of hydrogen-bond acceptors (Lipinski definition) is 5. The van der Waals surface area contributed by atoms with Crippen molar-refractivity contribution in [2.75, 3.05) is 13.7 Å². The zero-order chi connectivity index (χ0) is 17.2. The fraction of sp³-hybridized carbons (Fsp3) is 0.400. The van der Waals surface area contributed by atoms with Gasteiger partial charge < -0.3 is 14.8 Å². The maximum atomic E-state index is 11.6. The van der Waals surface area contributed by atoms with E-state index in [4.69, 9.17) is 9.47 Å². The number of urea groups is 1. The third-order valence-corrected chi connectivity index (χ3v) is 3.22. The number of rotatable bonds is 7. The summed E-state index contributed by atoms with van der Waals surface area (Å²) in [5.74, 6) is -0.503. The van der Waals surface area contributed by atoms with Crippen molar-refractivity contribution >= 4 is 33.8 Å². The highest BCUT2D eigenvalue weighted by Gasteiger charge is 2.19. The van der Waals surface area contributed by atoms with Crippen LogP contribution in [0.4, 0.5) is 4.79 Å². The predicted octanol–water partition coefficient (Wildman–Crippen LogP) is 2.00. The zero-order valence-electron chi connectivity index (χ0n) is 12.9. The van der Waals surface area contributed by atoms with E-state index in [2.05, 4.69) is 21.2 Å². The maximum absolute atomic E-state index is 11.6. The van der Waals surface area contributed by atoms with E-state index in [9.17, 15) is 14.4 Å². The normalized spacial score (nSPS) is 11.3. The van der Waals surface area contributed by atoms with Gasteiger partial charge in [0.15, 0.2) is 6.10 Å². The van der Waals surface area contributed by atoms with Gasteiger partial charge in [0.05, 0.1) is 6.61 Å². The lowest BCUT2D eigenvalue weighted by atomic mass is 10.3. The lowest BCUT2D eigenvalue weighted by Crippen LogP contribution is -2.43. The first-order chi connectivity index (χ1) is 10.9. The Morgan fingerprint density at radius 2 is 2.04 bits per heavy atom. The highest BCUT2D eigenvalue weighted by atomic mass is 79.9. The number of ether oxygens (including phenoxy) is 2. The van der Waals surface area contributed by atoms with Crippen molar-refractivity contribution < 1.29 is 23.9 Å². The highest BCUT2D eigenvalue weighted by Crippen LogP contribution is 2.17. The summed E-state index contributed by atoms with van der Waals surface area (Å²) in [6, 6.07) is 6.72. The van der Waals surface area contributed by atoms with Crippen LogP contribution in [-0.4, -0.2) is 37.7 Å². The molecule has 0 saturated heterocycles. The average molecular weight is 387 g/mol. The summed E-state index contributed by atoms with van der Waals surface area (Å²) in [5.41, 5.74) is 0. The number of hydrogen-bond donors (Lipinski definition) is 2. The van der Waals surface area contributed by atoms with Crippen LogP contribution in [0.1, 0.15) is 19.8 Å². The van der Waals surface area contributed by atoms with Crippen molar-refractivity contribution in [1.29, 1.82) is 0 Å². The third kappa shape index (κ3) is 7.64. The van der Waals surface area contributed by atoms with Crippen molar-refractivity contribution in [1.82, 2.24) is 10.6 Å². The molecule has 0 radical (unpaired) electrons. The smallest absolute Gasteiger partial charge is 0.321 e. The standard InChI is InChI=1S/C15H19BrN2O5/c1-10(14(20)18-15(21)17-2)23-13(19)7-4-8-22-12-6-3-5-11(16)9-12/h3,5-6,9-10H,4,7-8H2,1-2H3,(H2,17,18,20,21)/t10-/m0/s1. The second-order valence-corrected chi connectivity index (χ2v) is 5.53. The van der Waals surface area contributed by atoms with Crippen LogP contribution in [0.2, 0.25) is 0 Å². The lowest BCUT2D eigenvalue weighted by Gasteiger charge is -2.12. The largest absolute Gasteiger partial charge is 0.494 e. The number of amides is 3. The molecule has 0 aliphatic heterocycles. The first-order valence-corrected chi connectivity index (χ1v) is 7.82. The molecule has 0 unspecified atom stereocenters. The molecule has 2 N–H and O–H groups in total. The van der Waals surface area contributed by atoms with Crippen molar-refractivity contribution in [3.8, 4) is 5.75 Å². The minimum atomic E-state index is -1.04. The van der Waals surface area contributed by atoms with E-state index in [1.165, 1.54) is 14.0 Å². The second kappa shape index (κ2) is 9.83. The maximum Gasteiger partial charge on any atom is 0.321 e. The fourth-order valence-electron chi connectivity index (χ4n) is 1.55. The molecule has 0 fully saturated rings. The Kier molecular flexibility index (Phi) is 8.10. The van der Waals surface area contributed by atoms with E-state index in [1.54, 1.807) is 0 Å². The van der Waals surface area contributed by atoms with Crippen molar-refractivity contribution in [2.24, 2.45) is 0 Å². The summed E-state index contributed by atoms with van der Waals surface area (Å²) in [6.45, 7) is 1.75. The van der Waals surface area contributed by atoms with E-state index >= 15 is 0 Å². The highest BCUT2D eigenvalue weighted by molar-refractivity contribution is 9.10. The second-order valence-electron chi connectivity index (χ2n) is 4.61. The molecule has 8 heteroatoms. The van der Waals surface area contributed by atoms with Crippen LogP contribution in [0.3, 0.4) is 0 Å². The first kappa shape index (κ1) is 19.0. The van der Waals surface area contributed by atoms with Crippen LogP contribution in [0.5, 0.6) is 5.75 Å². The van der Waals surface area contributed by atoms with Crippen LogP contribution in [0.25, 0.3) is 0 Å².